The Labute approximate surface area is 101 Å². The minimum Gasteiger partial charge on any atom is -0.323 e. The molecule has 0 aliphatic carbocycles. The summed E-state index contributed by atoms with van der Waals surface area (Å²) in [6.45, 7) is 3.98. The highest BCUT2D eigenvalue weighted by Gasteiger charge is 2.19. The molecular formula is C12H18N4O. The predicted molar refractivity (Wildman–Crippen MR) is 65.5 cm³/mol. The fourth-order valence-electron chi connectivity index (χ4n) is 1.93. The standard InChI is InChI=1S/C12H18N4O/c1-15(10-11-2-4-13-5-3-11)12(17)16-8-6-14-7-9-16/h2-5,14H,6-10H2,1H3. The lowest BCUT2D eigenvalue weighted by Crippen LogP contribution is -2.50. The summed E-state index contributed by atoms with van der Waals surface area (Å²) in [5.41, 5.74) is 1.10. The topological polar surface area (TPSA) is 48.5 Å². The molecule has 2 heterocycles. The Morgan fingerprint density at radius 3 is 2.71 bits per heavy atom. The number of carbonyl (C=O) groups is 1. The minimum atomic E-state index is 0.100. The minimum absolute atomic E-state index is 0.100. The molecule has 2 rings (SSSR count). The van der Waals surface area contributed by atoms with Crippen LogP contribution in [0.2, 0.25) is 0 Å². The molecule has 1 aliphatic heterocycles. The van der Waals surface area contributed by atoms with Gasteiger partial charge in [0.25, 0.3) is 0 Å². The van der Waals surface area contributed by atoms with Crippen LogP contribution < -0.4 is 5.32 Å². The fraction of sp³-hybridized carbons (Fsp3) is 0.500. The molecule has 1 N–H and O–H groups in total. The van der Waals surface area contributed by atoms with E-state index in [1.165, 1.54) is 0 Å². The Balaban J connectivity index is 1.90. The van der Waals surface area contributed by atoms with Gasteiger partial charge < -0.3 is 15.1 Å². The van der Waals surface area contributed by atoms with Crippen LogP contribution in [0, 0.1) is 0 Å². The summed E-state index contributed by atoms with van der Waals surface area (Å²) in [6.07, 6.45) is 3.50. The average Bonchev–Trinajstić information content (AvgIpc) is 2.40. The quantitative estimate of drug-likeness (QED) is 0.812. The van der Waals surface area contributed by atoms with Crippen LogP contribution in [0.4, 0.5) is 4.79 Å². The number of rotatable bonds is 2. The van der Waals surface area contributed by atoms with E-state index in [0.29, 0.717) is 6.54 Å². The van der Waals surface area contributed by atoms with E-state index in [1.807, 2.05) is 24.1 Å². The van der Waals surface area contributed by atoms with Crippen LogP contribution >= 0.6 is 0 Å². The molecule has 5 nitrogen and oxygen atoms in total. The summed E-state index contributed by atoms with van der Waals surface area (Å²) in [6, 6.07) is 3.96. The van der Waals surface area contributed by atoms with E-state index < -0.39 is 0 Å². The van der Waals surface area contributed by atoms with Gasteiger partial charge in [0.1, 0.15) is 0 Å². The highest BCUT2D eigenvalue weighted by atomic mass is 16.2. The van der Waals surface area contributed by atoms with Gasteiger partial charge in [0.05, 0.1) is 0 Å². The van der Waals surface area contributed by atoms with Crippen LogP contribution in [-0.4, -0.2) is 54.0 Å². The second-order valence-electron chi connectivity index (χ2n) is 4.23. The van der Waals surface area contributed by atoms with E-state index >= 15 is 0 Å². The Morgan fingerprint density at radius 2 is 2.06 bits per heavy atom. The van der Waals surface area contributed by atoms with Gasteiger partial charge in [-0.2, -0.15) is 0 Å². The van der Waals surface area contributed by atoms with Crippen molar-refractivity contribution in [3.8, 4) is 0 Å². The highest BCUT2D eigenvalue weighted by Crippen LogP contribution is 2.05. The van der Waals surface area contributed by atoms with Gasteiger partial charge in [-0.05, 0) is 17.7 Å². The molecule has 2 amide bonds. The van der Waals surface area contributed by atoms with E-state index in [9.17, 15) is 4.79 Å². The molecule has 0 radical (unpaired) electrons. The van der Waals surface area contributed by atoms with Crippen LogP contribution in [0.15, 0.2) is 24.5 Å². The van der Waals surface area contributed by atoms with Gasteiger partial charge in [0.2, 0.25) is 0 Å². The number of pyridine rings is 1. The van der Waals surface area contributed by atoms with Gasteiger partial charge >= 0.3 is 6.03 Å². The third-order valence-electron chi connectivity index (χ3n) is 2.88. The van der Waals surface area contributed by atoms with Crippen molar-refractivity contribution in [3.63, 3.8) is 0 Å². The molecule has 1 aromatic heterocycles. The van der Waals surface area contributed by atoms with Gasteiger partial charge in [-0.15, -0.1) is 0 Å². The molecule has 5 heteroatoms. The molecule has 1 aliphatic rings. The number of urea groups is 1. The van der Waals surface area contributed by atoms with Crippen molar-refractivity contribution in [2.24, 2.45) is 0 Å². The lowest BCUT2D eigenvalue weighted by molar-refractivity contribution is 0.154. The Bertz CT molecular complexity index is 362. The lowest BCUT2D eigenvalue weighted by Gasteiger charge is -2.31. The first-order chi connectivity index (χ1) is 8.27. The number of amides is 2. The van der Waals surface area contributed by atoms with Crippen LogP contribution in [-0.2, 0) is 6.54 Å². The first-order valence-corrected chi connectivity index (χ1v) is 5.87. The number of hydrogen-bond acceptors (Lipinski definition) is 3. The number of hydrogen-bond donors (Lipinski definition) is 1. The molecule has 0 saturated carbocycles. The maximum Gasteiger partial charge on any atom is 0.320 e. The van der Waals surface area contributed by atoms with Crippen LogP contribution in [0.25, 0.3) is 0 Å². The van der Waals surface area contributed by atoms with Crippen LogP contribution in [0.3, 0.4) is 0 Å². The average molecular weight is 234 g/mol. The monoisotopic (exact) mass is 234 g/mol. The van der Waals surface area contributed by atoms with E-state index in [2.05, 4.69) is 10.3 Å². The van der Waals surface area contributed by atoms with Gasteiger partial charge in [-0.1, -0.05) is 0 Å². The summed E-state index contributed by atoms with van der Waals surface area (Å²) >= 11 is 0. The molecule has 1 fully saturated rings. The van der Waals surface area contributed by atoms with Crippen molar-refractivity contribution in [3.05, 3.63) is 30.1 Å². The number of carbonyl (C=O) groups excluding carboxylic acids is 1. The summed E-state index contributed by atoms with van der Waals surface area (Å²) in [5.74, 6) is 0. The summed E-state index contributed by atoms with van der Waals surface area (Å²) < 4.78 is 0. The predicted octanol–water partition coefficient (Wildman–Crippen LogP) is 0.539. The maximum absolute atomic E-state index is 12.1. The van der Waals surface area contributed by atoms with Crippen LogP contribution in [0.1, 0.15) is 5.56 Å². The van der Waals surface area contributed by atoms with Crippen molar-refractivity contribution in [2.45, 2.75) is 6.54 Å². The second kappa shape index (κ2) is 5.63. The Kier molecular flexibility index (Phi) is 3.93. The molecule has 1 aromatic rings. The zero-order chi connectivity index (χ0) is 12.1. The molecule has 1 saturated heterocycles. The number of nitrogens with zero attached hydrogens (tertiary/aromatic N) is 3. The molecule has 0 atom stereocenters. The SMILES string of the molecule is CN(Cc1ccncc1)C(=O)N1CCNCC1. The van der Waals surface area contributed by atoms with Gasteiger partial charge in [-0.25, -0.2) is 4.79 Å². The zero-order valence-corrected chi connectivity index (χ0v) is 10.1. The first-order valence-electron chi connectivity index (χ1n) is 5.87. The number of nitrogens with one attached hydrogen (secondary N) is 1. The number of piperazine rings is 1. The molecule has 0 bridgehead atoms. The third kappa shape index (κ3) is 3.17. The van der Waals surface area contributed by atoms with E-state index in [0.717, 1.165) is 31.7 Å². The second-order valence-corrected chi connectivity index (χ2v) is 4.23. The normalized spacial score (nSPS) is 15.7. The molecule has 17 heavy (non-hydrogen) atoms. The molecule has 0 aromatic carbocycles. The fourth-order valence-corrected chi connectivity index (χ4v) is 1.93. The van der Waals surface area contributed by atoms with E-state index in [1.54, 1.807) is 17.3 Å². The van der Waals surface area contributed by atoms with Gasteiger partial charge in [-0.3, -0.25) is 4.98 Å². The van der Waals surface area contributed by atoms with Gasteiger partial charge in [0, 0.05) is 52.2 Å². The van der Waals surface area contributed by atoms with Crippen molar-refractivity contribution in [1.82, 2.24) is 20.1 Å². The van der Waals surface area contributed by atoms with Crippen molar-refractivity contribution in [1.29, 1.82) is 0 Å². The first kappa shape index (κ1) is 11.9. The Morgan fingerprint density at radius 1 is 1.41 bits per heavy atom. The summed E-state index contributed by atoms with van der Waals surface area (Å²) in [4.78, 5) is 19.7. The van der Waals surface area contributed by atoms with Gasteiger partial charge in [0.15, 0.2) is 0 Å². The van der Waals surface area contributed by atoms with Crippen molar-refractivity contribution in [2.75, 3.05) is 33.2 Å². The van der Waals surface area contributed by atoms with E-state index in [4.69, 9.17) is 0 Å². The summed E-state index contributed by atoms with van der Waals surface area (Å²) in [7, 11) is 1.84. The van der Waals surface area contributed by atoms with Crippen LogP contribution in [0.5, 0.6) is 0 Å². The van der Waals surface area contributed by atoms with E-state index in [-0.39, 0.29) is 6.03 Å². The smallest absolute Gasteiger partial charge is 0.320 e. The lowest BCUT2D eigenvalue weighted by atomic mass is 10.2. The largest absolute Gasteiger partial charge is 0.323 e. The third-order valence-corrected chi connectivity index (χ3v) is 2.88. The van der Waals surface area contributed by atoms with Crippen molar-refractivity contribution >= 4 is 6.03 Å². The van der Waals surface area contributed by atoms with Crippen molar-refractivity contribution < 1.29 is 4.79 Å². The number of aromatic nitrogens is 1. The zero-order valence-electron chi connectivity index (χ0n) is 10.1. The Hall–Kier alpha value is -1.62. The maximum atomic E-state index is 12.1. The molecule has 0 spiro atoms. The highest BCUT2D eigenvalue weighted by molar-refractivity contribution is 5.74. The molecule has 92 valence electrons. The molecule has 0 unspecified atom stereocenters. The summed E-state index contributed by atoms with van der Waals surface area (Å²) in [5, 5.41) is 3.24. The molecular weight excluding hydrogens is 216 g/mol.